The van der Waals surface area contributed by atoms with Crippen LogP contribution >= 0.6 is 0 Å². The predicted octanol–water partition coefficient (Wildman–Crippen LogP) is 1.06. The summed E-state index contributed by atoms with van der Waals surface area (Å²) in [4.78, 5) is 9.77. The highest BCUT2D eigenvalue weighted by Crippen LogP contribution is 2.27. The molecule has 15 nitrogen and oxygen atoms in total. The van der Waals surface area contributed by atoms with Gasteiger partial charge in [0.05, 0.1) is 18.8 Å². The van der Waals surface area contributed by atoms with E-state index in [-0.39, 0.29) is 22.3 Å². The van der Waals surface area contributed by atoms with E-state index in [1.54, 1.807) is 0 Å². The van der Waals surface area contributed by atoms with Gasteiger partial charge in [-0.25, -0.2) is 9.26 Å². The second-order valence-electron chi connectivity index (χ2n) is 4.21. The van der Waals surface area contributed by atoms with Gasteiger partial charge in [-0.3, -0.25) is 10.1 Å². The lowest BCUT2D eigenvalue weighted by molar-refractivity contribution is -0.804. The third kappa shape index (κ3) is 2.81. The Morgan fingerprint density at radius 3 is 2.18 bits per heavy atom. The maximum absolute atomic E-state index is 11.7. The van der Waals surface area contributed by atoms with Gasteiger partial charge in [0.15, 0.2) is 0 Å². The third-order valence-electron chi connectivity index (χ3n) is 2.29. The van der Waals surface area contributed by atoms with E-state index in [1.165, 1.54) is 0 Å². The second-order valence-corrected chi connectivity index (χ2v) is 4.21. The molecule has 2 rings (SSSR count). The summed E-state index contributed by atoms with van der Waals surface area (Å²) in [5.41, 5.74) is 3.33. The maximum Gasteiger partial charge on any atom is 0.433 e. The van der Waals surface area contributed by atoms with Crippen LogP contribution in [0.3, 0.4) is 0 Å². The Bertz CT molecular complexity index is 744. The number of aromatic nitrogens is 4. The van der Waals surface area contributed by atoms with Crippen molar-refractivity contribution in [2.45, 2.75) is 19.5 Å². The molecule has 0 saturated carbocycles. The van der Waals surface area contributed by atoms with Crippen molar-refractivity contribution in [2.75, 3.05) is 5.73 Å². The number of anilines is 1. The molecule has 0 fully saturated rings. The van der Waals surface area contributed by atoms with Crippen molar-refractivity contribution < 1.29 is 19.0 Å². The van der Waals surface area contributed by atoms with Gasteiger partial charge < -0.3 is 10.9 Å². The van der Waals surface area contributed by atoms with Crippen molar-refractivity contribution in [3.63, 3.8) is 0 Å². The maximum atomic E-state index is 11.7. The van der Waals surface area contributed by atoms with Crippen LogP contribution < -0.4 is 5.73 Å². The van der Waals surface area contributed by atoms with Crippen LogP contribution in [0.4, 0.5) is 23.3 Å². The lowest BCUT2D eigenvalue weighted by Crippen LogP contribution is -2.40. The molecule has 0 aliphatic rings. The van der Waals surface area contributed by atoms with Gasteiger partial charge in [0, 0.05) is 5.11 Å². The normalized spacial score (nSPS) is 12.9. The standard InChI is InChI=1S/C7H8N10O5/c1-7(2,17(19)20)16(18)11-6-5(14-22-15-6)10-9-4-3(8)12-21-13-4/h1-2H3,(H2,8,12). The number of nitrogens with two attached hydrogens (primary N) is 1. The van der Waals surface area contributed by atoms with Gasteiger partial charge in [-0.2, -0.15) is 0 Å². The fraction of sp³-hybridized carbons (Fsp3) is 0.429. The van der Waals surface area contributed by atoms with E-state index in [4.69, 9.17) is 5.73 Å². The third-order valence-corrected chi connectivity index (χ3v) is 2.29. The Morgan fingerprint density at radius 2 is 1.59 bits per heavy atom. The molecule has 2 N–H and O–H groups in total. The van der Waals surface area contributed by atoms with Crippen LogP contribution in [0, 0.1) is 15.3 Å². The molecule has 15 heteroatoms. The summed E-state index contributed by atoms with van der Waals surface area (Å²) in [6.07, 6.45) is 0. The largest absolute Gasteiger partial charge is 0.594 e. The van der Waals surface area contributed by atoms with Gasteiger partial charge >= 0.3 is 11.5 Å². The number of hydrogen-bond donors (Lipinski definition) is 1. The molecule has 116 valence electrons. The molecular weight excluding hydrogens is 304 g/mol. The van der Waals surface area contributed by atoms with Crippen molar-refractivity contribution in [3.05, 3.63) is 15.3 Å². The van der Waals surface area contributed by atoms with Crippen LogP contribution in [0.2, 0.25) is 0 Å². The number of azo groups is 2. The molecule has 0 saturated heterocycles. The van der Waals surface area contributed by atoms with Crippen LogP contribution in [0.25, 0.3) is 0 Å². The Kier molecular flexibility index (Phi) is 3.69. The van der Waals surface area contributed by atoms with E-state index in [1.807, 2.05) is 0 Å². The Morgan fingerprint density at radius 1 is 1.05 bits per heavy atom. The van der Waals surface area contributed by atoms with E-state index in [9.17, 15) is 15.3 Å². The molecular formula is C7H8N10O5. The summed E-state index contributed by atoms with van der Waals surface area (Å²) in [6.45, 7) is 2.11. The zero-order valence-corrected chi connectivity index (χ0v) is 11.1. The molecule has 0 aromatic carbocycles. The summed E-state index contributed by atoms with van der Waals surface area (Å²) < 4.78 is 8.63. The van der Waals surface area contributed by atoms with E-state index in [0.717, 1.165) is 13.8 Å². The number of hydrogen-bond acceptors (Lipinski definition) is 13. The van der Waals surface area contributed by atoms with Crippen LogP contribution in [-0.2, 0) is 0 Å². The second kappa shape index (κ2) is 5.46. The Balaban J connectivity index is 2.29. The minimum atomic E-state index is -2.02. The monoisotopic (exact) mass is 312 g/mol. The fourth-order valence-corrected chi connectivity index (χ4v) is 0.938. The number of nitro groups is 1. The van der Waals surface area contributed by atoms with Crippen molar-refractivity contribution in [3.8, 4) is 0 Å². The van der Waals surface area contributed by atoms with Crippen LogP contribution in [0.5, 0.6) is 0 Å². The van der Waals surface area contributed by atoms with Gasteiger partial charge in [-0.1, -0.05) is 0 Å². The highest BCUT2D eigenvalue weighted by Gasteiger charge is 2.42. The van der Waals surface area contributed by atoms with Gasteiger partial charge in [0.25, 0.3) is 11.6 Å². The molecule has 0 aliphatic heterocycles. The summed E-state index contributed by atoms with van der Waals surface area (Å²) in [5.74, 6) is -0.997. The number of nitrogens with zero attached hydrogens (tertiary/aromatic N) is 9. The first kappa shape index (κ1) is 14.9. The van der Waals surface area contributed by atoms with Gasteiger partial charge in [0.2, 0.25) is 5.82 Å². The molecule has 0 aliphatic carbocycles. The van der Waals surface area contributed by atoms with Crippen molar-refractivity contribution in [2.24, 2.45) is 15.3 Å². The van der Waals surface area contributed by atoms with Gasteiger partial charge in [0.1, 0.15) is 0 Å². The average Bonchev–Trinajstić information content (AvgIpc) is 3.05. The molecule has 0 atom stereocenters. The quantitative estimate of drug-likeness (QED) is 0.272. The Labute approximate surface area is 120 Å². The molecule has 0 unspecified atom stereocenters. The minimum Gasteiger partial charge on any atom is -0.594 e. The van der Waals surface area contributed by atoms with Crippen LogP contribution in [-0.4, -0.2) is 36.1 Å². The predicted molar refractivity (Wildman–Crippen MR) is 64.0 cm³/mol. The first-order valence-corrected chi connectivity index (χ1v) is 5.48. The Hall–Kier alpha value is -3.52. The van der Waals surface area contributed by atoms with E-state index in [0.29, 0.717) is 0 Å². The van der Waals surface area contributed by atoms with Gasteiger partial charge in [-0.15, -0.1) is 10.2 Å². The lowest BCUT2D eigenvalue weighted by atomic mass is 10.3. The van der Waals surface area contributed by atoms with Crippen molar-refractivity contribution >= 4 is 23.3 Å². The zero-order valence-electron chi connectivity index (χ0n) is 11.1. The fourth-order valence-electron chi connectivity index (χ4n) is 0.938. The van der Waals surface area contributed by atoms with E-state index in [2.05, 4.69) is 45.2 Å². The molecule has 0 amide bonds. The van der Waals surface area contributed by atoms with Gasteiger partial charge in [-0.05, 0) is 25.5 Å². The summed E-state index contributed by atoms with van der Waals surface area (Å²) >= 11 is 0. The van der Waals surface area contributed by atoms with Crippen LogP contribution in [0.15, 0.2) is 24.6 Å². The smallest absolute Gasteiger partial charge is 0.433 e. The minimum absolute atomic E-state index is 0.126. The summed E-state index contributed by atoms with van der Waals surface area (Å²) in [7, 11) is 0. The molecule has 2 heterocycles. The summed E-state index contributed by atoms with van der Waals surface area (Å²) in [5, 5.41) is 46.1. The summed E-state index contributed by atoms with van der Waals surface area (Å²) in [6, 6.07) is 0. The van der Waals surface area contributed by atoms with E-state index < -0.39 is 16.4 Å². The number of rotatable bonds is 5. The first-order valence-electron chi connectivity index (χ1n) is 5.48. The van der Waals surface area contributed by atoms with E-state index >= 15 is 0 Å². The highest BCUT2D eigenvalue weighted by molar-refractivity contribution is 5.50. The zero-order chi connectivity index (χ0) is 16.3. The molecule has 0 radical (unpaired) electrons. The SMILES string of the molecule is CC(C)([N+](=O)[O-])[N+]([O-])=Nc1nonc1N=Nc1nonc1N. The number of hydroxylamine groups is 1. The molecule has 2 aromatic rings. The van der Waals surface area contributed by atoms with Crippen molar-refractivity contribution in [1.82, 2.24) is 20.6 Å². The molecule has 2 aromatic heterocycles. The molecule has 22 heavy (non-hydrogen) atoms. The van der Waals surface area contributed by atoms with Crippen LogP contribution in [0.1, 0.15) is 13.8 Å². The lowest BCUT2D eigenvalue weighted by Gasteiger charge is -2.11. The topological polar surface area (TPSA) is 210 Å². The van der Waals surface area contributed by atoms with Crippen molar-refractivity contribution in [1.29, 1.82) is 0 Å². The highest BCUT2D eigenvalue weighted by atomic mass is 16.7. The average molecular weight is 312 g/mol. The number of nitrogen functional groups attached to an aromatic ring is 1. The molecule has 0 bridgehead atoms. The first-order chi connectivity index (χ1) is 10.3. The molecule has 0 spiro atoms.